The van der Waals surface area contributed by atoms with Gasteiger partial charge in [-0.05, 0) is 39.5 Å². The molecule has 15 heavy (non-hydrogen) atoms. The van der Waals surface area contributed by atoms with Crippen molar-refractivity contribution in [2.75, 3.05) is 0 Å². The fraction of sp³-hybridized carbons (Fsp3) is 0.750. The third-order valence-corrected chi connectivity index (χ3v) is 2.60. The van der Waals surface area contributed by atoms with Crippen LogP contribution in [0.25, 0.3) is 0 Å². The molecule has 3 nitrogen and oxygen atoms in total. The molecule has 1 amide bonds. The molecule has 0 aliphatic heterocycles. The van der Waals surface area contributed by atoms with Crippen molar-refractivity contribution in [3.05, 3.63) is 12.7 Å². The average molecular weight is 211 g/mol. The number of hydrogen-bond donors (Lipinski definition) is 1. The van der Waals surface area contributed by atoms with Gasteiger partial charge in [-0.25, -0.2) is 4.79 Å². The van der Waals surface area contributed by atoms with Crippen molar-refractivity contribution < 1.29 is 9.53 Å². The predicted octanol–water partition coefficient (Wildman–Crippen LogP) is 2.87. The third kappa shape index (κ3) is 3.94. The van der Waals surface area contributed by atoms with Crippen LogP contribution in [0, 0.1) is 5.92 Å². The van der Waals surface area contributed by atoms with Crippen molar-refractivity contribution in [2.45, 2.75) is 51.7 Å². The minimum absolute atomic E-state index is 0.0635. The lowest BCUT2D eigenvalue weighted by Gasteiger charge is -2.32. The molecule has 0 radical (unpaired) electrons. The van der Waals surface area contributed by atoms with Gasteiger partial charge in [0.2, 0.25) is 0 Å². The number of carbonyl (C=O) groups is 1. The van der Waals surface area contributed by atoms with E-state index in [4.69, 9.17) is 4.74 Å². The summed E-state index contributed by atoms with van der Waals surface area (Å²) in [5, 5.41) is 2.85. The highest BCUT2D eigenvalue weighted by Gasteiger charge is 2.27. The minimum Gasteiger partial charge on any atom is -0.444 e. The highest BCUT2D eigenvalue weighted by atomic mass is 16.6. The first-order valence-corrected chi connectivity index (χ1v) is 5.54. The van der Waals surface area contributed by atoms with Gasteiger partial charge in [-0.15, -0.1) is 6.58 Å². The maximum atomic E-state index is 11.5. The summed E-state index contributed by atoms with van der Waals surface area (Å²) in [5.41, 5.74) is -0.435. The smallest absolute Gasteiger partial charge is 0.408 e. The Bertz CT molecular complexity index is 238. The van der Waals surface area contributed by atoms with Gasteiger partial charge in [0, 0.05) is 0 Å². The Kier molecular flexibility index (Phi) is 3.77. The van der Waals surface area contributed by atoms with E-state index >= 15 is 0 Å². The molecule has 1 rings (SSSR count). The molecule has 0 aromatic carbocycles. The molecule has 1 unspecified atom stereocenters. The quantitative estimate of drug-likeness (QED) is 0.729. The van der Waals surface area contributed by atoms with E-state index in [9.17, 15) is 4.79 Å². The van der Waals surface area contributed by atoms with Gasteiger partial charge in [-0.2, -0.15) is 0 Å². The van der Waals surface area contributed by atoms with Gasteiger partial charge in [0.25, 0.3) is 0 Å². The summed E-state index contributed by atoms with van der Waals surface area (Å²) < 4.78 is 5.19. The second-order valence-electron chi connectivity index (χ2n) is 5.10. The summed E-state index contributed by atoms with van der Waals surface area (Å²) in [7, 11) is 0. The molecule has 0 aromatic rings. The summed E-state index contributed by atoms with van der Waals surface area (Å²) in [5.74, 6) is 0.551. The SMILES string of the molecule is C=CC(NC(=O)OC(C)(C)C)C1CCC1. The van der Waals surface area contributed by atoms with Crippen molar-refractivity contribution in [2.24, 2.45) is 5.92 Å². The zero-order chi connectivity index (χ0) is 11.5. The molecule has 1 aliphatic rings. The van der Waals surface area contributed by atoms with Crippen LogP contribution in [-0.4, -0.2) is 17.7 Å². The number of hydrogen-bond acceptors (Lipinski definition) is 2. The van der Waals surface area contributed by atoms with Crippen LogP contribution < -0.4 is 5.32 Å². The van der Waals surface area contributed by atoms with Crippen LogP contribution in [0.15, 0.2) is 12.7 Å². The number of alkyl carbamates (subject to hydrolysis) is 1. The van der Waals surface area contributed by atoms with E-state index in [1.54, 1.807) is 6.08 Å². The lowest BCUT2D eigenvalue weighted by atomic mass is 9.80. The first-order chi connectivity index (χ1) is 6.92. The Hall–Kier alpha value is -0.990. The van der Waals surface area contributed by atoms with Crippen LogP contribution in [0.2, 0.25) is 0 Å². The van der Waals surface area contributed by atoms with Gasteiger partial charge in [0.05, 0.1) is 6.04 Å². The monoisotopic (exact) mass is 211 g/mol. The number of rotatable bonds is 3. The summed E-state index contributed by atoms with van der Waals surface area (Å²) >= 11 is 0. The molecule has 86 valence electrons. The number of amides is 1. The van der Waals surface area contributed by atoms with E-state index in [0.29, 0.717) is 5.92 Å². The lowest BCUT2D eigenvalue weighted by Crippen LogP contribution is -2.43. The Morgan fingerprint density at radius 3 is 2.47 bits per heavy atom. The summed E-state index contributed by atoms with van der Waals surface area (Å²) in [6.45, 7) is 9.32. The second kappa shape index (κ2) is 4.69. The summed E-state index contributed by atoms with van der Waals surface area (Å²) in [6, 6.07) is 0.0635. The van der Waals surface area contributed by atoms with Crippen molar-refractivity contribution in [1.82, 2.24) is 5.32 Å². The molecule has 0 heterocycles. The van der Waals surface area contributed by atoms with Gasteiger partial charge >= 0.3 is 6.09 Å². The standard InChI is InChI=1S/C12H21NO2/c1-5-10(9-7-6-8-9)13-11(14)15-12(2,3)4/h5,9-10H,1,6-8H2,2-4H3,(H,13,14). The normalized spacial score (nSPS) is 18.9. The summed E-state index contributed by atoms with van der Waals surface area (Å²) in [4.78, 5) is 11.5. The molecule has 1 atom stereocenters. The third-order valence-electron chi connectivity index (χ3n) is 2.60. The van der Waals surface area contributed by atoms with E-state index in [1.807, 2.05) is 20.8 Å². The maximum absolute atomic E-state index is 11.5. The Balaban J connectivity index is 2.37. The van der Waals surface area contributed by atoms with Gasteiger partial charge in [0.1, 0.15) is 5.60 Å². The molecular formula is C12H21NO2. The zero-order valence-corrected chi connectivity index (χ0v) is 9.88. The summed E-state index contributed by atoms with van der Waals surface area (Å²) in [6.07, 6.45) is 5.05. The van der Waals surface area contributed by atoms with Gasteiger partial charge < -0.3 is 10.1 Å². The van der Waals surface area contributed by atoms with Crippen LogP contribution in [0.3, 0.4) is 0 Å². The fourth-order valence-electron chi connectivity index (χ4n) is 1.61. The lowest BCUT2D eigenvalue weighted by molar-refractivity contribution is 0.0486. The van der Waals surface area contributed by atoms with E-state index < -0.39 is 5.60 Å². The highest BCUT2D eigenvalue weighted by Crippen LogP contribution is 2.30. The van der Waals surface area contributed by atoms with Gasteiger partial charge in [-0.3, -0.25) is 0 Å². The van der Waals surface area contributed by atoms with E-state index in [0.717, 1.165) is 0 Å². The number of nitrogens with one attached hydrogen (secondary N) is 1. The molecule has 0 aromatic heterocycles. The van der Waals surface area contributed by atoms with Crippen molar-refractivity contribution in [3.8, 4) is 0 Å². The molecule has 0 bridgehead atoms. The number of carbonyl (C=O) groups excluding carboxylic acids is 1. The second-order valence-corrected chi connectivity index (χ2v) is 5.10. The Morgan fingerprint density at radius 1 is 1.53 bits per heavy atom. The molecule has 0 saturated heterocycles. The minimum atomic E-state index is -0.435. The topological polar surface area (TPSA) is 38.3 Å². The molecule has 1 fully saturated rings. The zero-order valence-electron chi connectivity index (χ0n) is 9.88. The van der Waals surface area contributed by atoms with Crippen LogP contribution in [0.1, 0.15) is 40.0 Å². The molecule has 1 saturated carbocycles. The number of ether oxygens (including phenoxy) is 1. The fourth-order valence-corrected chi connectivity index (χ4v) is 1.61. The van der Waals surface area contributed by atoms with Crippen LogP contribution in [0.4, 0.5) is 4.79 Å². The van der Waals surface area contributed by atoms with Crippen LogP contribution >= 0.6 is 0 Å². The van der Waals surface area contributed by atoms with E-state index in [-0.39, 0.29) is 12.1 Å². The van der Waals surface area contributed by atoms with E-state index in [1.165, 1.54) is 19.3 Å². The Morgan fingerprint density at radius 2 is 2.13 bits per heavy atom. The Labute approximate surface area is 91.9 Å². The van der Waals surface area contributed by atoms with E-state index in [2.05, 4.69) is 11.9 Å². The molecule has 1 N–H and O–H groups in total. The first-order valence-electron chi connectivity index (χ1n) is 5.54. The molecule has 3 heteroatoms. The predicted molar refractivity (Wildman–Crippen MR) is 60.7 cm³/mol. The molecule has 1 aliphatic carbocycles. The van der Waals surface area contributed by atoms with Crippen molar-refractivity contribution in [3.63, 3.8) is 0 Å². The van der Waals surface area contributed by atoms with Crippen molar-refractivity contribution >= 4 is 6.09 Å². The van der Waals surface area contributed by atoms with Gasteiger partial charge in [-0.1, -0.05) is 12.5 Å². The van der Waals surface area contributed by atoms with Crippen LogP contribution in [-0.2, 0) is 4.74 Å². The van der Waals surface area contributed by atoms with Crippen LogP contribution in [0.5, 0.6) is 0 Å². The highest BCUT2D eigenvalue weighted by molar-refractivity contribution is 5.68. The molecular weight excluding hydrogens is 190 g/mol. The largest absolute Gasteiger partial charge is 0.444 e. The first kappa shape index (κ1) is 12.1. The average Bonchev–Trinajstić information content (AvgIpc) is 1.95. The maximum Gasteiger partial charge on any atom is 0.408 e. The van der Waals surface area contributed by atoms with Gasteiger partial charge in [0.15, 0.2) is 0 Å². The van der Waals surface area contributed by atoms with Crippen molar-refractivity contribution in [1.29, 1.82) is 0 Å². The molecule has 0 spiro atoms.